The highest BCUT2D eigenvalue weighted by Gasteiger charge is 2.11. The van der Waals surface area contributed by atoms with Crippen molar-refractivity contribution in [3.8, 4) is 12.3 Å². The number of nitrogens with one attached hydrogen (secondary N) is 1. The van der Waals surface area contributed by atoms with Crippen molar-refractivity contribution in [1.82, 2.24) is 0 Å². The van der Waals surface area contributed by atoms with Crippen LogP contribution in [-0.4, -0.2) is 11.5 Å². The molecule has 0 spiro atoms. The summed E-state index contributed by atoms with van der Waals surface area (Å²) in [5.74, 6) is 2.38. The van der Waals surface area contributed by atoms with Crippen LogP contribution in [0.15, 0.2) is 18.2 Å². The fourth-order valence-corrected chi connectivity index (χ4v) is 1.17. The van der Waals surface area contributed by atoms with Gasteiger partial charge in [-0.1, -0.05) is 17.5 Å². The van der Waals surface area contributed by atoms with Crippen LogP contribution in [-0.2, 0) is 0 Å². The fourth-order valence-electron chi connectivity index (χ4n) is 0.918. The van der Waals surface area contributed by atoms with Gasteiger partial charge in [0.15, 0.2) is 0 Å². The SMILES string of the molecule is C#CCNc1ccc([N+](=O)[O-])c(Cl)c1. The number of hydrogen-bond acceptors (Lipinski definition) is 3. The second kappa shape index (κ2) is 4.49. The number of nitro groups is 1. The Balaban J connectivity index is 2.90. The molecule has 0 bridgehead atoms. The Labute approximate surface area is 86.0 Å². The van der Waals surface area contributed by atoms with E-state index in [4.69, 9.17) is 18.0 Å². The molecule has 1 aromatic carbocycles. The second-order valence-electron chi connectivity index (χ2n) is 2.48. The maximum Gasteiger partial charge on any atom is 0.288 e. The molecule has 0 fully saturated rings. The van der Waals surface area contributed by atoms with Gasteiger partial charge < -0.3 is 5.32 Å². The highest BCUT2D eigenvalue weighted by atomic mass is 35.5. The van der Waals surface area contributed by atoms with Gasteiger partial charge >= 0.3 is 0 Å². The number of rotatable bonds is 3. The standard InChI is InChI=1S/C9H7ClN2O2/c1-2-5-11-7-3-4-9(12(13)14)8(10)6-7/h1,3-4,6,11H,5H2. The van der Waals surface area contributed by atoms with Crippen LogP contribution in [0.4, 0.5) is 11.4 Å². The normalized spacial score (nSPS) is 9.14. The molecule has 5 heteroatoms. The number of anilines is 1. The Hall–Kier alpha value is -1.73. The summed E-state index contributed by atoms with van der Waals surface area (Å²) in [6.07, 6.45) is 5.04. The molecule has 0 saturated heterocycles. The summed E-state index contributed by atoms with van der Waals surface area (Å²) < 4.78 is 0. The molecule has 0 aliphatic rings. The lowest BCUT2D eigenvalue weighted by atomic mass is 10.3. The van der Waals surface area contributed by atoms with Crippen LogP contribution >= 0.6 is 11.6 Å². The van der Waals surface area contributed by atoms with Gasteiger partial charge in [-0.3, -0.25) is 10.1 Å². The van der Waals surface area contributed by atoms with E-state index >= 15 is 0 Å². The van der Waals surface area contributed by atoms with Crippen LogP contribution < -0.4 is 5.32 Å². The molecular weight excluding hydrogens is 204 g/mol. The van der Waals surface area contributed by atoms with Gasteiger partial charge in [0.1, 0.15) is 5.02 Å². The van der Waals surface area contributed by atoms with Crippen LogP contribution in [0.1, 0.15) is 0 Å². The molecule has 1 rings (SSSR count). The average molecular weight is 211 g/mol. The summed E-state index contributed by atoms with van der Waals surface area (Å²) in [7, 11) is 0. The van der Waals surface area contributed by atoms with Crippen LogP contribution in [0.25, 0.3) is 0 Å². The third-order valence-corrected chi connectivity index (χ3v) is 1.84. The number of benzene rings is 1. The first-order valence-corrected chi connectivity index (χ1v) is 4.14. The minimum absolute atomic E-state index is 0.0945. The Morgan fingerprint density at radius 3 is 2.86 bits per heavy atom. The lowest BCUT2D eigenvalue weighted by molar-refractivity contribution is -0.384. The van der Waals surface area contributed by atoms with E-state index in [1.807, 2.05) is 0 Å². The molecule has 0 aliphatic carbocycles. The zero-order chi connectivity index (χ0) is 10.6. The summed E-state index contributed by atoms with van der Waals surface area (Å²) in [6.45, 7) is 0.355. The van der Waals surface area contributed by atoms with Crippen molar-refractivity contribution in [1.29, 1.82) is 0 Å². The molecule has 0 radical (unpaired) electrons. The van der Waals surface area contributed by atoms with E-state index in [0.717, 1.165) is 0 Å². The van der Waals surface area contributed by atoms with Crippen LogP contribution in [0.3, 0.4) is 0 Å². The zero-order valence-corrected chi connectivity index (χ0v) is 7.91. The van der Waals surface area contributed by atoms with Crippen molar-refractivity contribution in [2.75, 3.05) is 11.9 Å². The number of halogens is 1. The molecule has 1 aromatic rings. The van der Waals surface area contributed by atoms with E-state index in [2.05, 4.69) is 11.2 Å². The highest BCUT2D eigenvalue weighted by molar-refractivity contribution is 6.32. The third-order valence-electron chi connectivity index (χ3n) is 1.54. The van der Waals surface area contributed by atoms with E-state index in [1.165, 1.54) is 12.1 Å². The molecule has 0 aromatic heterocycles. The quantitative estimate of drug-likeness (QED) is 0.473. The fraction of sp³-hybridized carbons (Fsp3) is 0.111. The van der Waals surface area contributed by atoms with Crippen molar-refractivity contribution in [2.45, 2.75) is 0 Å². The molecule has 4 nitrogen and oxygen atoms in total. The summed E-state index contributed by atoms with van der Waals surface area (Å²) in [5, 5.41) is 13.4. The smallest absolute Gasteiger partial charge is 0.288 e. The summed E-state index contributed by atoms with van der Waals surface area (Å²) in [5.41, 5.74) is 0.552. The largest absolute Gasteiger partial charge is 0.374 e. The Morgan fingerprint density at radius 1 is 1.64 bits per heavy atom. The molecule has 72 valence electrons. The van der Waals surface area contributed by atoms with E-state index in [1.54, 1.807) is 6.07 Å². The van der Waals surface area contributed by atoms with Gasteiger partial charge in [-0.25, -0.2) is 0 Å². The number of terminal acetylenes is 1. The first-order valence-electron chi connectivity index (χ1n) is 3.76. The van der Waals surface area contributed by atoms with Gasteiger partial charge in [-0.15, -0.1) is 6.42 Å². The van der Waals surface area contributed by atoms with E-state index in [-0.39, 0.29) is 10.7 Å². The average Bonchev–Trinajstić information content (AvgIpc) is 2.14. The van der Waals surface area contributed by atoms with Gasteiger partial charge in [0.05, 0.1) is 11.5 Å². The minimum Gasteiger partial charge on any atom is -0.374 e. The first kappa shape index (κ1) is 10.4. The monoisotopic (exact) mass is 210 g/mol. The maximum absolute atomic E-state index is 10.4. The topological polar surface area (TPSA) is 55.2 Å². The Kier molecular flexibility index (Phi) is 3.32. The molecule has 0 aliphatic heterocycles. The van der Waals surface area contributed by atoms with E-state index in [9.17, 15) is 10.1 Å². The molecule has 0 unspecified atom stereocenters. The first-order chi connectivity index (χ1) is 6.65. The zero-order valence-electron chi connectivity index (χ0n) is 7.16. The number of hydrogen-bond donors (Lipinski definition) is 1. The number of nitrogens with zero attached hydrogens (tertiary/aromatic N) is 1. The molecule has 14 heavy (non-hydrogen) atoms. The van der Waals surface area contributed by atoms with Crippen molar-refractivity contribution in [3.63, 3.8) is 0 Å². The Bertz CT molecular complexity index is 398. The second-order valence-corrected chi connectivity index (χ2v) is 2.89. The van der Waals surface area contributed by atoms with E-state index in [0.29, 0.717) is 12.2 Å². The molecule has 1 N–H and O–H groups in total. The van der Waals surface area contributed by atoms with E-state index < -0.39 is 4.92 Å². The van der Waals surface area contributed by atoms with Crippen LogP contribution in [0.2, 0.25) is 5.02 Å². The summed E-state index contributed by atoms with van der Waals surface area (Å²) >= 11 is 5.67. The van der Waals surface area contributed by atoms with Crippen molar-refractivity contribution >= 4 is 23.0 Å². The lowest BCUT2D eigenvalue weighted by Crippen LogP contribution is -1.98. The Morgan fingerprint density at radius 2 is 2.36 bits per heavy atom. The van der Waals surface area contributed by atoms with Gasteiger partial charge in [0.2, 0.25) is 0 Å². The molecule has 0 amide bonds. The predicted molar refractivity (Wildman–Crippen MR) is 55.4 cm³/mol. The van der Waals surface area contributed by atoms with Gasteiger partial charge in [0.25, 0.3) is 5.69 Å². The number of nitro benzene ring substituents is 1. The van der Waals surface area contributed by atoms with Crippen LogP contribution in [0.5, 0.6) is 0 Å². The predicted octanol–water partition coefficient (Wildman–Crippen LogP) is 2.29. The van der Waals surface area contributed by atoms with Crippen molar-refractivity contribution < 1.29 is 4.92 Å². The minimum atomic E-state index is -0.534. The molecule has 0 heterocycles. The van der Waals surface area contributed by atoms with Crippen LogP contribution in [0, 0.1) is 22.5 Å². The summed E-state index contributed by atoms with van der Waals surface area (Å²) in [6, 6.07) is 4.36. The summed E-state index contributed by atoms with van der Waals surface area (Å²) in [4.78, 5) is 9.88. The van der Waals surface area contributed by atoms with Crippen molar-refractivity contribution in [2.24, 2.45) is 0 Å². The molecular formula is C9H7ClN2O2. The van der Waals surface area contributed by atoms with Gasteiger partial charge in [-0.2, -0.15) is 0 Å². The van der Waals surface area contributed by atoms with Gasteiger partial charge in [-0.05, 0) is 12.1 Å². The lowest BCUT2D eigenvalue weighted by Gasteiger charge is -2.02. The molecule has 0 saturated carbocycles. The molecule has 0 atom stereocenters. The van der Waals surface area contributed by atoms with Crippen molar-refractivity contribution in [3.05, 3.63) is 33.3 Å². The van der Waals surface area contributed by atoms with Gasteiger partial charge in [0, 0.05) is 11.8 Å². The third kappa shape index (κ3) is 2.38. The highest BCUT2D eigenvalue weighted by Crippen LogP contribution is 2.26. The maximum atomic E-state index is 10.4.